The average Bonchev–Trinajstić information content (AvgIpc) is 2.76. The van der Waals surface area contributed by atoms with Crippen LogP contribution >= 0.6 is 0 Å². The van der Waals surface area contributed by atoms with Crippen LogP contribution in [0.1, 0.15) is 59.8 Å². The molecule has 0 fully saturated rings. The Labute approximate surface area is 210 Å². The lowest BCUT2D eigenvalue weighted by molar-refractivity contribution is -0.143. The highest BCUT2D eigenvalue weighted by Crippen LogP contribution is 2.11. The number of carbonyl (C=O) groups is 5. The molecule has 0 saturated heterocycles. The maximum atomic E-state index is 13.1. The molecule has 36 heavy (non-hydrogen) atoms. The summed E-state index contributed by atoms with van der Waals surface area (Å²) in [5.41, 5.74) is 16.2. The summed E-state index contributed by atoms with van der Waals surface area (Å²) in [7, 11) is 0. The van der Waals surface area contributed by atoms with Crippen molar-refractivity contribution in [2.75, 3.05) is 6.54 Å². The van der Waals surface area contributed by atoms with Gasteiger partial charge >= 0.3 is 11.9 Å². The van der Waals surface area contributed by atoms with Crippen LogP contribution in [0.15, 0.2) is 4.99 Å². The number of aliphatic imine (C=N–C) groups is 1. The van der Waals surface area contributed by atoms with Crippen molar-refractivity contribution in [2.24, 2.45) is 34.0 Å². The molecule has 0 aliphatic carbocycles. The molecule has 0 saturated carbocycles. The fraction of sp³-hybridized carbons (Fsp3) is 0.727. The third kappa shape index (κ3) is 12.9. The second-order valence-electron chi connectivity index (χ2n) is 9.12. The number of aliphatic carboxylic acids is 2. The molecule has 0 aromatic rings. The number of nitrogens with two attached hydrogens (primary N) is 3. The van der Waals surface area contributed by atoms with E-state index in [-0.39, 0.29) is 37.2 Å². The van der Waals surface area contributed by atoms with Crippen LogP contribution in [0.25, 0.3) is 0 Å². The normalized spacial score (nSPS) is 15.1. The van der Waals surface area contributed by atoms with Crippen molar-refractivity contribution in [1.82, 2.24) is 16.0 Å². The van der Waals surface area contributed by atoms with Gasteiger partial charge in [0.2, 0.25) is 17.7 Å². The van der Waals surface area contributed by atoms with E-state index in [4.69, 9.17) is 22.3 Å². The van der Waals surface area contributed by atoms with Crippen molar-refractivity contribution in [3.05, 3.63) is 0 Å². The van der Waals surface area contributed by atoms with Crippen LogP contribution in [-0.4, -0.2) is 76.5 Å². The number of amides is 3. The molecule has 206 valence electrons. The van der Waals surface area contributed by atoms with Gasteiger partial charge in [-0.2, -0.15) is 0 Å². The Balaban J connectivity index is 5.70. The SMILES string of the molecule is CCC(C)C(NC(=O)C(N)CC(=O)O)C(=O)NC(CCCN=C(N)N)C(=O)NC(CC(C)C)C(=O)O. The summed E-state index contributed by atoms with van der Waals surface area (Å²) in [6.45, 7) is 7.28. The lowest BCUT2D eigenvalue weighted by Gasteiger charge is -2.28. The van der Waals surface area contributed by atoms with Crippen LogP contribution in [0.5, 0.6) is 0 Å². The van der Waals surface area contributed by atoms with Gasteiger partial charge in [0.1, 0.15) is 18.1 Å². The highest BCUT2D eigenvalue weighted by molar-refractivity contribution is 5.94. The van der Waals surface area contributed by atoms with Crippen molar-refractivity contribution in [3.8, 4) is 0 Å². The van der Waals surface area contributed by atoms with E-state index in [0.717, 1.165) is 0 Å². The van der Waals surface area contributed by atoms with Gasteiger partial charge in [-0.05, 0) is 31.1 Å². The first-order valence-electron chi connectivity index (χ1n) is 11.9. The number of guanidine groups is 1. The minimum atomic E-state index is -1.37. The zero-order chi connectivity index (χ0) is 28.0. The Kier molecular flexibility index (Phi) is 14.7. The molecule has 14 nitrogen and oxygen atoms in total. The van der Waals surface area contributed by atoms with E-state index in [1.165, 1.54) is 0 Å². The molecular weight excluding hydrogens is 474 g/mol. The number of rotatable bonds is 17. The van der Waals surface area contributed by atoms with Crippen molar-refractivity contribution < 1.29 is 34.2 Å². The molecule has 0 aromatic carbocycles. The molecule has 0 bridgehead atoms. The van der Waals surface area contributed by atoms with E-state index in [9.17, 15) is 29.1 Å². The largest absolute Gasteiger partial charge is 0.481 e. The van der Waals surface area contributed by atoms with E-state index >= 15 is 0 Å². The number of nitrogens with zero attached hydrogens (tertiary/aromatic N) is 1. The van der Waals surface area contributed by atoms with Gasteiger partial charge in [-0.3, -0.25) is 24.2 Å². The first-order chi connectivity index (χ1) is 16.7. The number of carboxylic acids is 2. The van der Waals surface area contributed by atoms with Gasteiger partial charge in [0, 0.05) is 6.54 Å². The van der Waals surface area contributed by atoms with Crippen LogP contribution in [-0.2, 0) is 24.0 Å². The van der Waals surface area contributed by atoms with E-state index in [1.807, 2.05) is 13.8 Å². The third-order valence-corrected chi connectivity index (χ3v) is 5.42. The molecule has 11 N–H and O–H groups in total. The van der Waals surface area contributed by atoms with Crippen LogP contribution < -0.4 is 33.2 Å². The van der Waals surface area contributed by atoms with Gasteiger partial charge in [0.25, 0.3) is 0 Å². The molecule has 5 atom stereocenters. The number of carboxylic acid groups (broad SMARTS) is 2. The minimum absolute atomic E-state index is 0.0127. The summed E-state index contributed by atoms with van der Waals surface area (Å²) in [5.74, 6) is -5.25. The van der Waals surface area contributed by atoms with Crippen molar-refractivity contribution in [3.63, 3.8) is 0 Å². The Morgan fingerprint density at radius 2 is 1.47 bits per heavy atom. The lowest BCUT2D eigenvalue weighted by atomic mass is 9.96. The Morgan fingerprint density at radius 1 is 0.889 bits per heavy atom. The summed E-state index contributed by atoms with van der Waals surface area (Å²) < 4.78 is 0. The first kappa shape index (κ1) is 32.6. The van der Waals surface area contributed by atoms with Crippen molar-refractivity contribution in [1.29, 1.82) is 0 Å². The maximum absolute atomic E-state index is 13.1. The molecule has 0 radical (unpaired) electrons. The predicted octanol–water partition coefficient (Wildman–Crippen LogP) is -1.53. The molecular formula is C22H41N7O7. The molecule has 0 aromatic heterocycles. The maximum Gasteiger partial charge on any atom is 0.326 e. The van der Waals surface area contributed by atoms with Gasteiger partial charge in [0.05, 0.1) is 12.5 Å². The third-order valence-electron chi connectivity index (χ3n) is 5.42. The molecule has 0 aliphatic heterocycles. The number of nitrogens with one attached hydrogen (secondary N) is 3. The van der Waals surface area contributed by atoms with Crippen molar-refractivity contribution >= 4 is 35.6 Å². The zero-order valence-electron chi connectivity index (χ0n) is 21.3. The van der Waals surface area contributed by atoms with Gasteiger partial charge in [-0.25, -0.2) is 4.79 Å². The fourth-order valence-corrected chi connectivity index (χ4v) is 3.24. The summed E-state index contributed by atoms with van der Waals surface area (Å²) >= 11 is 0. The van der Waals surface area contributed by atoms with Crippen LogP contribution in [0.3, 0.4) is 0 Å². The Morgan fingerprint density at radius 3 is 1.94 bits per heavy atom. The second kappa shape index (κ2) is 16.3. The van der Waals surface area contributed by atoms with Gasteiger partial charge < -0.3 is 43.4 Å². The highest BCUT2D eigenvalue weighted by atomic mass is 16.4. The Hall–Kier alpha value is -3.42. The summed E-state index contributed by atoms with van der Waals surface area (Å²) in [5, 5.41) is 25.8. The number of hydrogen-bond donors (Lipinski definition) is 8. The molecule has 0 heterocycles. The van der Waals surface area contributed by atoms with E-state index in [2.05, 4.69) is 20.9 Å². The Bertz CT molecular complexity index is 800. The van der Waals surface area contributed by atoms with E-state index in [0.29, 0.717) is 12.8 Å². The average molecular weight is 516 g/mol. The number of carbonyl (C=O) groups excluding carboxylic acids is 3. The predicted molar refractivity (Wildman–Crippen MR) is 132 cm³/mol. The summed E-state index contributed by atoms with van der Waals surface area (Å²) in [6, 6.07) is -4.78. The fourth-order valence-electron chi connectivity index (χ4n) is 3.24. The molecule has 3 amide bonds. The standard InChI is InChI=1S/C22H41N7O7/c1-5-12(4)17(29-18(32)13(23)10-16(30)31)20(34)27-14(7-6-8-26-22(24)25)19(33)28-15(21(35)36)9-11(2)3/h11-15,17H,5-10,23H2,1-4H3,(H,27,34)(H,28,33)(H,29,32)(H,30,31)(H,35,36)(H4,24,25,26). The van der Waals surface area contributed by atoms with Gasteiger partial charge in [-0.15, -0.1) is 0 Å². The van der Waals surface area contributed by atoms with Gasteiger partial charge in [0.15, 0.2) is 5.96 Å². The smallest absolute Gasteiger partial charge is 0.326 e. The summed E-state index contributed by atoms with van der Waals surface area (Å²) in [6.07, 6.45) is 0.416. The molecule has 14 heteroatoms. The number of hydrogen-bond acceptors (Lipinski definition) is 7. The first-order valence-corrected chi connectivity index (χ1v) is 11.9. The molecule has 0 aliphatic rings. The van der Waals surface area contributed by atoms with Gasteiger partial charge in [-0.1, -0.05) is 34.1 Å². The van der Waals surface area contributed by atoms with Crippen LogP contribution in [0.4, 0.5) is 0 Å². The zero-order valence-corrected chi connectivity index (χ0v) is 21.3. The van der Waals surface area contributed by atoms with E-state index < -0.39 is 60.2 Å². The highest BCUT2D eigenvalue weighted by Gasteiger charge is 2.32. The van der Waals surface area contributed by atoms with E-state index in [1.54, 1.807) is 13.8 Å². The second-order valence-corrected chi connectivity index (χ2v) is 9.12. The molecule has 0 rings (SSSR count). The van der Waals surface area contributed by atoms with Crippen LogP contribution in [0.2, 0.25) is 0 Å². The lowest BCUT2D eigenvalue weighted by Crippen LogP contribution is -2.58. The van der Waals surface area contributed by atoms with Crippen LogP contribution in [0, 0.1) is 11.8 Å². The van der Waals surface area contributed by atoms with Crippen molar-refractivity contribution in [2.45, 2.75) is 84.0 Å². The molecule has 5 unspecified atom stereocenters. The minimum Gasteiger partial charge on any atom is -0.481 e. The summed E-state index contributed by atoms with van der Waals surface area (Å²) in [4.78, 5) is 64.8. The quantitative estimate of drug-likeness (QED) is 0.0630. The molecule has 0 spiro atoms. The monoisotopic (exact) mass is 515 g/mol. The topological polar surface area (TPSA) is 252 Å².